The fourth-order valence-corrected chi connectivity index (χ4v) is 4.20. The van der Waals surface area contributed by atoms with E-state index in [1.165, 1.54) is 0 Å². The highest BCUT2D eigenvalue weighted by atomic mass is 27.2. The van der Waals surface area contributed by atoms with Crippen molar-refractivity contribution in [2.75, 3.05) is 0 Å². The van der Waals surface area contributed by atoms with Crippen molar-refractivity contribution in [3.63, 3.8) is 0 Å². The predicted molar refractivity (Wildman–Crippen MR) is 52.2 cm³/mol. The third-order valence-electron chi connectivity index (χ3n) is 1.74. The van der Waals surface area contributed by atoms with Crippen LogP contribution in [-0.4, -0.2) is 20.6 Å². The molecule has 2 heteroatoms. The molecular formula is C9H21AlO. The number of hydrogen-bond donors (Lipinski definition) is 0. The largest absolute Gasteiger partial charge is 0.498 e. The Balaban J connectivity index is 3.90. The molecule has 0 aliphatic rings. The maximum Gasteiger partial charge on any atom is 0.466 e. The number of rotatable bonds is 4. The lowest BCUT2D eigenvalue weighted by Crippen LogP contribution is -2.28. The van der Waals surface area contributed by atoms with Crippen LogP contribution in [0, 0.1) is 0 Å². The summed E-state index contributed by atoms with van der Waals surface area (Å²) >= 11 is -0.938. The van der Waals surface area contributed by atoms with E-state index in [1.807, 2.05) is 0 Å². The first kappa shape index (κ1) is 11.5. The average Bonchev–Trinajstić information content (AvgIpc) is 1.81. The standard InChI is InChI=1S/C3H7O.2C3H7.Al/c1-3(2)4;2*1-3-2;/h3H,1-2H3;2*3H,1-2H3;/q-1;;;+1. The quantitative estimate of drug-likeness (QED) is 0.591. The molecule has 0 fully saturated rings. The summed E-state index contributed by atoms with van der Waals surface area (Å²) in [6.45, 7) is 13.4. The Morgan fingerprint density at radius 3 is 1.27 bits per heavy atom. The molecule has 0 saturated carbocycles. The van der Waals surface area contributed by atoms with Crippen LogP contribution in [0.5, 0.6) is 0 Å². The van der Waals surface area contributed by atoms with Crippen LogP contribution in [0.2, 0.25) is 9.56 Å². The molecule has 1 nitrogen and oxygen atoms in total. The fourth-order valence-electron chi connectivity index (χ4n) is 1.40. The van der Waals surface area contributed by atoms with Gasteiger partial charge in [0.1, 0.15) is 0 Å². The lowest BCUT2D eigenvalue weighted by molar-refractivity contribution is 0.233. The van der Waals surface area contributed by atoms with Crippen molar-refractivity contribution < 1.29 is 3.79 Å². The second-order valence-corrected chi connectivity index (χ2v) is 8.01. The van der Waals surface area contributed by atoms with Crippen molar-refractivity contribution in [1.29, 1.82) is 0 Å². The summed E-state index contributed by atoms with van der Waals surface area (Å²) in [5, 5.41) is 0. The minimum atomic E-state index is -0.938. The van der Waals surface area contributed by atoms with Gasteiger partial charge in [-0.2, -0.15) is 0 Å². The van der Waals surface area contributed by atoms with Crippen molar-refractivity contribution in [2.45, 2.75) is 57.2 Å². The monoisotopic (exact) mass is 172 g/mol. The van der Waals surface area contributed by atoms with E-state index < -0.39 is 14.5 Å². The van der Waals surface area contributed by atoms with Crippen molar-refractivity contribution in [2.24, 2.45) is 0 Å². The van der Waals surface area contributed by atoms with Gasteiger partial charge < -0.3 is 3.79 Å². The molecule has 0 unspecified atom stereocenters. The Morgan fingerprint density at radius 2 is 1.18 bits per heavy atom. The topological polar surface area (TPSA) is 9.23 Å². The Morgan fingerprint density at radius 1 is 0.818 bits per heavy atom. The summed E-state index contributed by atoms with van der Waals surface area (Å²) in [5.41, 5.74) is 0. The third-order valence-corrected chi connectivity index (χ3v) is 5.23. The van der Waals surface area contributed by atoms with Gasteiger partial charge in [-0.25, -0.2) is 0 Å². The molecule has 66 valence electrons. The maximum absolute atomic E-state index is 5.91. The van der Waals surface area contributed by atoms with Crippen molar-refractivity contribution in [1.82, 2.24) is 0 Å². The summed E-state index contributed by atoms with van der Waals surface area (Å²) in [6, 6.07) is 0. The normalized spacial score (nSPS) is 11.7. The van der Waals surface area contributed by atoms with Gasteiger partial charge in [0.15, 0.2) is 0 Å². The van der Waals surface area contributed by atoms with Crippen LogP contribution in [0.3, 0.4) is 0 Å². The highest BCUT2D eigenvalue weighted by molar-refractivity contribution is 6.55. The van der Waals surface area contributed by atoms with Gasteiger partial charge in [0.2, 0.25) is 0 Å². The van der Waals surface area contributed by atoms with Crippen molar-refractivity contribution in [3.8, 4) is 0 Å². The Hall–Kier alpha value is 0.492. The van der Waals surface area contributed by atoms with Crippen LogP contribution in [-0.2, 0) is 3.79 Å². The molecule has 0 N–H and O–H groups in total. The van der Waals surface area contributed by atoms with Crippen LogP contribution in [0.15, 0.2) is 0 Å². The first-order chi connectivity index (χ1) is 4.95. The van der Waals surface area contributed by atoms with Crippen molar-refractivity contribution in [3.05, 3.63) is 0 Å². The lowest BCUT2D eigenvalue weighted by Gasteiger charge is -2.21. The van der Waals surface area contributed by atoms with Gasteiger partial charge in [-0.3, -0.25) is 0 Å². The van der Waals surface area contributed by atoms with Crippen LogP contribution >= 0.6 is 0 Å². The van der Waals surface area contributed by atoms with Crippen LogP contribution in [0.4, 0.5) is 0 Å². The molecule has 0 bridgehead atoms. The van der Waals surface area contributed by atoms with Crippen LogP contribution in [0.1, 0.15) is 41.5 Å². The van der Waals surface area contributed by atoms with Crippen LogP contribution < -0.4 is 0 Å². The van der Waals surface area contributed by atoms with E-state index >= 15 is 0 Å². The molecule has 0 atom stereocenters. The molecule has 11 heavy (non-hydrogen) atoms. The van der Waals surface area contributed by atoms with E-state index in [2.05, 4.69) is 41.5 Å². The van der Waals surface area contributed by atoms with Crippen LogP contribution in [0.25, 0.3) is 0 Å². The van der Waals surface area contributed by atoms with Gasteiger partial charge in [-0.15, -0.1) is 0 Å². The molecule has 0 rings (SSSR count). The zero-order valence-corrected chi connectivity index (χ0v) is 9.87. The number of hydrogen-bond acceptors (Lipinski definition) is 1. The average molecular weight is 172 g/mol. The predicted octanol–water partition coefficient (Wildman–Crippen LogP) is 3.22. The van der Waals surface area contributed by atoms with Gasteiger partial charge >= 0.3 is 14.5 Å². The fraction of sp³-hybridized carbons (Fsp3) is 1.00. The van der Waals surface area contributed by atoms with Gasteiger partial charge in [0, 0.05) is 6.10 Å². The summed E-state index contributed by atoms with van der Waals surface area (Å²) in [4.78, 5) is 0. The molecule has 0 aromatic rings. The van der Waals surface area contributed by atoms with E-state index in [0.29, 0.717) is 6.10 Å². The molecule has 0 aliphatic heterocycles. The molecular weight excluding hydrogens is 151 g/mol. The molecule has 0 amide bonds. The summed E-state index contributed by atoms with van der Waals surface area (Å²) in [5.74, 6) is 0. The summed E-state index contributed by atoms with van der Waals surface area (Å²) < 4.78 is 7.44. The van der Waals surface area contributed by atoms with Gasteiger partial charge in [0.25, 0.3) is 0 Å². The molecule has 0 radical (unpaired) electrons. The van der Waals surface area contributed by atoms with E-state index in [4.69, 9.17) is 3.79 Å². The first-order valence-corrected chi connectivity index (χ1v) is 6.41. The van der Waals surface area contributed by atoms with Gasteiger partial charge in [-0.1, -0.05) is 37.3 Å². The smallest absolute Gasteiger partial charge is 0.466 e. The Kier molecular flexibility index (Phi) is 5.43. The zero-order chi connectivity index (χ0) is 9.02. The molecule has 0 aromatic heterocycles. The Bertz CT molecular complexity index is 91.7. The highest BCUT2D eigenvalue weighted by Crippen LogP contribution is 2.21. The van der Waals surface area contributed by atoms with E-state index in [1.54, 1.807) is 0 Å². The summed E-state index contributed by atoms with van der Waals surface area (Å²) in [7, 11) is 0. The van der Waals surface area contributed by atoms with E-state index in [-0.39, 0.29) is 0 Å². The molecule has 0 aliphatic carbocycles. The zero-order valence-electron chi connectivity index (χ0n) is 8.72. The second-order valence-electron chi connectivity index (χ2n) is 4.14. The minimum Gasteiger partial charge on any atom is -0.498 e. The second kappa shape index (κ2) is 5.19. The van der Waals surface area contributed by atoms with Gasteiger partial charge in [0.05, 0.1) is 0 Å². The minimum absolute atomic E-state index is 0.413. The van der Waals surface area contributed by atoms with E-state index in [9.17, 15) is 0 Å². The maximum atomic E-state index is 5.91. The Labute approximate surface area is 75.9 Å². The molecule has 0 heterocycles. The third kappa shape index (κ3) is 4.85. The first-order valence-electron chi connectivity index (χ1n) is 4.60. The lowest BCUT2D eigenvalue weighted by atomic mass is 10.5. The van der Waals surface area contributed by atoms with E-state index in [0.717, 1.165) is 9.56 Å². The summed E-state index contributed by atoms with van der Waals surface area (Å²) in [6.07, 6.45) is 0.413. The van der Waals surface area contributed by atoms with Crippen molar-refractivity contribution >= 4 is 14.5 Å². The molecule has 0 saturated heterocycles. The SMILES string of the molecule is CC(C)[O][Al]([CH](C)C)[CH](C)C. The molecule has 0 aromatic carbocycles. The van der Waals surface area contributed by atoms with Gasteiger partial charge in [-0.05, 0) is 13.8 Å². The highest BCUT2D eigenvalue weighted by Gasteiger charge is 2.29. The molecule has 0 spiro atoms.